The second kappa shape index (κ2) is 5.56. The molecule has 0 spiro atoms. The van der Waals surface area contributed by atoms with Crippen LogP contribution in [-0.4, -0.2) is 10.3 Å². The van der Waals surface area contributed by atoms with Crippen molar-refractivity contribution in [2.24, 2.45) is 0 Å². The fraction of sp³-hybridized carbons (Fsp3) is 0.533. The van der Waals surface area contributed by atoms with Gasteiger partial charge in [0.05, 0.1) is 5.69 Å². The van der Waals surface area contributed by atoms with Crippen molar-refractivity contribution in [3.05, 3.63) is 23.3 Å². The second-order valence-corrected chi connectivity index (χ2v) is 7.38. The topological polar surface area (TPSA) is 61.4 Å². The van der Waals surface area contributed by atoms with Gasteiger partial charge in [0.15, 0.2) is 0 Å². The van der Waals surface area contributed by atoms with Gasteiger partial charge in [-0.2, -0.15) is 0 Å². The molecule has 0 aromatic heterocycles. The number of hydrazine groups is 1. The molecule has 1 aromatic carbocycles. The van der Waals surface area contributed by atoms with E-state index in [4.69, 9.17) is 0 Å². The van der Waals surface area contributed by atoms with Crippen LogP contribution in [0.1, 0.15) is 52.7 Å². The first kappa shape index (κ1) is 16.7. The number of aromatic hydroxyl groups is 1. The highest BCUT2D eigenvalue weighted by Crippen LogP contribution is 2.40. The summed E-state index contributed by atoms with van der Waals surface area (Å²) in [6.07, 6.45) is 0. The highest BCUT2D eigenvalue weighted by Gasteiger charge is 2.26. The molecular weight excluding hydrogens is 272 g/mol. The van der Waals surface area contributed by atoms with Gasteiger partial charge in [-0.15, -0.1) is 0 Å². The third-order valence-corrected chi connectivity index (χ3v) is 3.15. The van der Waals surface area contributed by atoms with E-state index in [0.29, 0.717) is 5.75 Å². The minimum atomic E-state index is -0.465. The number of hydrogen-bond acceptors (Lipinski definition) is 3. The first-order valence-corrected chi connectivity index (χ1v) is 7.00. The van der Waals surface area contributed by atoms with E-state index in [-0.39, 0.29) is 10.8 Å². The lowest BCUT2D eigenvalue weighted by molar-refractivity contribution is 0.262. The molecule has 0 fully saturated rings. The highest BCUT2D eigenvalue weighted by molar-refractivity contribution is 7.96. The summed E-state index contributed by atoms with van der Waals surface area (Å²) in [6, 6.07) is 3.68. The fourth-order valence-electron chi connectivity index (χ4n) is 1.98. The summed E-state index contributed by atoms with van der Waals surface area (Å²) < 4.78 is 0. The van der Waals surface area contributed by atoms with E-state index in [0.717, 1.165) is 16.8 Å². The Bertz CT molecular complexity index is 479. The van der Waals surface area contributed by atoms with Crippen LogP contribution in [0.25, 0.3) is 0 Å². The van der Waals surface area contributed by atoms with E-state index >= 15 is 0 Å². The van der Waals surface area contributed by atoms with Crippen LogP contribution in [0.5, 0.6) is 5.75 Å². The maximum Gasteiger partial charge on any atom is 0.294 e. The largest absolute Gasteiger partial charge is 0.507 e. The van der Waals surface area contributed by atoms with Crippen LogP contribution in [0, 0.1) is 0 Å². The van der Waals surface area contributed by atoms with Crippen molar-refractivity contribution in [1.29, 1.82) is 0 Å². The summed E-state index contributed by atoms with van der Waals surface area (Å²) in [5.74, 6) is 0.313. The number of thiol groups is 1. The van der Waals surface area contributed by atoms with Crippen LogP contribution >= 0.6 is 12.6 Å². The Balaban J connectivity index is 3.38. The summed E-state index contributed by atoms with van der Waals surface area (Å²) in [7, 11) is 0. The van der Waals surface area contributed by atoms with Gasteiger partial charge in [-0.25, -0.2) is 0 Å². The van der Waals surface area contributed by atoms with Crippen LogP contribution in [0.2, 0.25) is 0 Å². The van der Waals surface area contributed by atoms with E-state index in [1.165, 1.54) is 0 Å². The van der Waals surface area contributed by atoms with Crippen molar-refractivity contribution in [3.63, 3.8) is 0 Å². The predicted octanol–water partition coefficient (Wildman–Crippen LogP) is 3.95. The molecule has 0 heterocycles. The third-order valence-electron chi connectivity index (χ3n) is 3.04. The molecule has 1 amide bonds. The zero-order valence-corrected chi connectivity index (χ0v) is 13.9. The lowest BCUT2D eigenvalue weighted by Crippen LogP contribution is -2.25. The monoisotopic (exact) mass is 296 g/mol. The number of anilines is 1. The number of amides is 1. The zero-order chi connectivity index (χ0) is 15.7. The van der Waals surface area contributed by atoms with Crippen molar-refractivity contribution >= 4 is 23.6 Å². The molecule has 112 valence electrons. The molecule has 5 heteroatoms. The van der Waals surface area contributed by atoms with Gasteiger partial charge in [-0.1, -0.05) is 54.2 Å². The number of rotatable bonds is 2. The Morgan fingerprint density at radius 3 is 1.75 bits per heavy atom. The van der Waals surface area contributed by atoms with Crippen molar-refractivity contribution in [2.75, 3.05) is 5.43 Å². The maximum atomic E-state index is 10.9. The summed E-state index contributed by atoms with van der Waals surface area (Å²) in [4.78, 5) is 10.9. The van der Waals surface area contributed by atoms with E-state index < -0.39 is 5.24 Å². The molecule has 1 rings (SSSR count). The summed E-state index contributed by atoms with van der Waals surface area (Å²) in [6.45, 7) is 12.2. The van der Waals surface area contributed by atoms with Crippen molar-refractivity contribution < 1.29 is 9.90 Å². The number of carbonyl (C=O) groups excluding carboxylic acids is 1. The number of nitrogens with one attached hydrogen (secondary N) is 2. The Labute approximate surface area is 126 Å². The molecule has 0 atom stereocenters. The van der Waals surface area contributed by atoms with Crippen LogP contribution in [0.15, 0.2) is 12.1 Å². The molecule has 0 saturated heterocycles. The molecule has 1 aromatic rings. The van der Waals surface area contributed by atoms with Gasteiger partial charge in [-0.05, 0) is 23.0 Å². The van der Waals surface area contributed by atoms with Gasteiger partial charge in [0, 0.05) is 11.1 Å². The predicted molar refractivity (Wildman–Crippen MR) is 86.6 cm³/mol. The standard InChI is InChI=1S/C15H24N2O2S/c1-14(2,3)10-7-9(16-17-13(19)20)8-11(12(10)18)15(4,5)6/h7-8,16,18H,1-6H3,(H2,17,19,20). The SMILES string of the molecule is CC(C)(C)c1cc(NNC(=O)S)cc(C(C)(C)C)c1O. The van der Waals surface area contributed by atoms with Gasteiger partial charge < -0.3 is 5.11 Å². The summed E-state index contributed by atoms with van der Waals surface area (Å²) >= 11 is 3.65. The molecule has 0 aliphatic carbocycles. The molecule has 4 nitrogen and oxygen atoms in total. The molecular formula is C15H24N2O2S. The van der Waals surface area contributed by atoms with E-state index in [2.05, 4.69) is 23.5 Å². The molecule has 0 radical (unpaired) electrons. The Kier molecular flexibility index (Phi) is 4.64. The fourth-order valence-corrected chi connectivity index (χ4v) is 2.03. The van der Waals surface area contributed by atoms with Crippen molar-refractivity contribution in [1.82, 2.24) is 5.43 Å². The van der Waals surface area contributed by atoms with Crippen molar-refractivity contribution in [2.45, 2.75) is 52.4 Å². The Hall–Kier alpha value is -1.36. The Morgan fingerprint density at radius 1 is 1.05 bits per heavy atom. The smallest absolute Gasteiger partial charge is 0.294 e. The van der Waals surface area contributed by atoms with E-state index in [9.17, 15) is 9.90 Å². The minimum Gasteiger partial charge on any atom is -0.507 e. The second-order valence-electron chi connectivity index (χ2n) is 6.98. The number of hydrogen-bond donors (Lipinski definition) is 4. The lowest BCUT2D eigenvalue weighted by Gasteiger charge is -2.28. The molecule has 0 saturated carbocycles. The van der Waals surface area contributed by atoms with E-state index in [1.54, 1.807) is 0 Å². The molecule has 0 aliphatic heterocycles. The average molecular weight is 296 g/mol. The maximum absolute atomic E-state index is 10.9. The molecule has 3 N–H and O–H groups in total. The van der Waals surface area contributed by atoms with Crippen LogP contribution in [-0.2, 0) is 10.8 Å². The third kappa shape index (κ3) is 4.07. The average Bonchev–Trinajstić information content (AvgIpc) is 2.24. The first-order chi connectivity index (χ1) is 8.93. The molecule has 0 aliphatic rings. The van der Waals surface area contributed by atoms with Crippen molar-refractivity contribution in [3.8, 4) is 5.75 Å². The van der Waals surface area contributed by atoms with Crippen LogP contribution in [0.3, 0.4) is 0 Å². The number of benzene rings is 1. The molecule has 0 bridgehead atoms. The number of phenolic OH excluding ortho intramolecular Hbond substituents is 1. The van der Waals surface area contributed by atoms with Gasteiger partial charge in [0.2, 0.25) is 0 Å². The number of phenols is 1. The summed E-state index contributed by atoms with van der Waals surface area (Å²) in [5.41, 5.74) is 7.23. The van der Waals surface area contributed by atoms with Crippen LogP contribution in [0.4, 0.5) is 10.5 Å². The molecule has 0 unspecified atom stereocenters. The Morgan fingerprint density at radius 2 is 1.45 bits per heavy atom. The van der Waals surface area contributed by atoms with Gasteiger partial charge in [0.25, 0.3) is 5.24 Å². The number of carbonyl (C=O) groups is 1. The molecule has 20 heavy (non-hydrogen) atoms. The quantitative estimate of drug-likeness (QED) is 0.379. The highest BCUT2D eigenvalue weighted by atomic mass is 32.1. The zero-order valence-electron chi connectivity index (χ0n) is 13.0. The first-order valence-electron chi connectivity index (χ1n) is 6.56. The normalized spacial score (nSPS) is 12.2. The van der Waals surface area contributed by atoms with Crippen LogP contribution < -0.4 is 10.9 Å². The minimum absolute atomic E-state index is 0.202. The lowest BCUT2D eigenvalue weighted by atomic mass is 9.79. The van der Waals surface area contributed by atoms with Gasteiger partial charge in [0.1, 0.15) is 5.75 Å². The van der Waals surface area contributed by atoms with E-state index in [1.807, 2.05) is 53.7 Å². The van der Waals surface area contributed by atoms with Gasteiger partial charge >= 0.3 is 0 Å². The van der Waals surface area contributed by atoms with Gasteiger partial charge in [-0.3, -0.25) is 15.6 Å². The summed E-state index contributed by atoms with van der Waals surface area (Å²) in [5, 5.41) is 10.1.